The Bertz CT molecular complexity index is 1840. The molecule has 0 radical (unpaired) electrons. The highest BCUT2D eigenvalue weighted by Crippen LogP contribution is 2.48. The average molecular weight is 647 g/mol. The summed E-state index contributed by atoms with van der Waals surface area (Å²) in [5, 5.41) is 1.03. The first kappa shape index (κ1) is 30.1. The number of aromatic nitrogens is 1. The molecule has 2 aromatic carbocycles. The summed E-state index contributed by atoms with van der Waals surface area (Å²) in [7, 11) is -1.69. The highest BCUT2D eigenvalue weighted by Gasteiger charge is 2.51. The minimum atomic E-state index is -3.80. The summed E-state index contributed by atoms with van der Waals surface area (Å²) in [6.45, 7) is 3.81. The van der Waals surface area contributed by atoms with Crippen LogP contribution in [0, 0.1) is 11.7 Å². The molecular formula is C36H43FN4O4S. The number of nitrogens with one attached hydrogen (secondary N) is 1. The lowest BCUT2D eigenvalue weighted by molar-refractivity contribution is -0.141. The normalized spacial score (nSPS) is 26.0. The van der Waals surface area contributed by atoms with Crippen LogP contribution in [0.15, 0.2) is 36.4 Å². The second-order valence-electron chi connectivity index (χ2n) is 14.9. The molecule has 2 bridgehead atoms. The smallest absolute Gasteiger partial charge is 0.264 e. The van der Waals surface area contributed by atoms with Gasteiger partial charge >= 0.3 is 0 Å². The van der Waals surface area contributed by atoms with Crippen LogP contribution in [-0.2, 0) is 27.8 Å². The van der Waals surface area contributed by atoms with Crippen LogP contribution in [0.25, 0.3) is 22.2 Å². The monoisotopic (exact) mass is 646 g/mol. The Kier molecular flexibility index (Phi) is 7.14. The van der Waals surface area contributed by atoms with Gasteiger partial charge in [0.1, 0.15) is 5.82 Å². The molecule has 46 heavy (non-hydrogen) atoms. The first-order chi connectivity index (χ1) is 22.0. The van der Waals surface area contributed by atoms with Crippen molar-refractivity contribution in [3.05, 3.63) is 58.9 Å². The highest BCUT2D eigenvalue weighted by atomic mass is 32.2. The van der Waals surface area contributed by atoms with Crippen molar-refractivity contribution in [2.24, 2.45) is 5.92 Å². The zero-order valence-electron chi connectivity index (χ0n) is 26.7. The molecule has 2 amide bonds. The van der Waals surface area contributed by atoms with Crippen molar-refractivity contribution in [2.45, 2.75) is 100 Å². The number of piperazine rings is 1. The van der Waals surface area contributed by atoms with E-state index in [2.05, 4.69) is 26.1 Å². The number of amides is 2. The fourth-order valence-corrected chi connectivity index (χ4v) is 10.2. The van der Waals surface area contributed by atoms with Gasteiger partial charge in [-0.2, -0.15) is 0 Å². The number of fused-ring (bicyclic) bond motifs is 7. The van der Waals surface area contributed by atoms with E-state index in [1.54, 1.807) is 25.1 Å². The summed E-state index contributed by atoms with van der Waals surface area (Å²) in [5.74, 6) is -0.903. The van der Waals surface area contributed by atoms with E-state index >= 15 is 0 Å². The van der Waals surface area contributed by atoms with Crippen LogP contribution in [0.3, 0.4) is 0 Å². The lowest BCUT2D eigenvalue weighted by Gasteiger charge is -2.41. The van der Waals surface area contributed by atoms with Gasteiger partial charge in [-0.15, -0.1) is 0 Å². The molecule has 244 valence electrons. The number of likely N-dealkylation sites (tertiary alicyclic amines) is 1. The molecular weight excluding hydrogens is 603 g/mol. The SMILES string of the molecule is CN1CC2CCC(C1)N2C(=O)C1Cc2cc(F)ccc2-c2c(C3CCCCC3)c3ccc(C(=O)NS(=O)(=O)C4(C)CC4)cc3n2C1. The molecule has 2 saturated heterocycles. The second kappa shape index (κ2) is 10.9. The van der Waals surface area contributed by atoms with E-state index in [-0.39, 0.29) is 29.4 Å². The quantitative estimate of drug-likeness (QED) is 0.391. The van der Waals surface area contributed by atoms with Crippen LogP contribution in [-0.4, -0.2) is 71.6 Å². The fourth-order valence-electron chi connectivity index (χ4n) is 8.91. The summed E-state index contributed by atoms with van der Waals surface area (Å²) in [5.41, 5.74) is 5.13. The van der Waals surface area contributed by atoms with Crippen molar-refractivity contribution in [1.29, 1.82) is 0 Å². The summed E-state index contributed by atoms with van der Waals surface area (Å²) in [6.07, 6.45) is 9.10. The molecule has 0 spiro atoms. The van der Waals surface area contributed by atoms with Crippen LogP contribution < -0.4 is 4.72 Å². The molecule has 1 aromatic heterocycles. The van der Waals surface area contributed by atoms with Crippen molar-refractivity contribution < 1.29 is 22.4 Å². The number of carbonyl (C=O) groups is 2. The molecule has 1 N–H and O–H groups in total. The number of hydrogen-bond donors (Lipinski definition) is 1. The average Bonchev–Trinajstić information content (AvgIpc) is 3.68. The number of benzene rings is 2. The molecule has 3 aliphatic heterocycles. The predicted octanol–water partition coefficient (Wildman–Crippen LogP) is 5.58. The largest absolute Gasteiger partial charge is 0.339 e. The van der Waals surface area contributed by atoms with E-state index in [1.807, 2.05) is 12.1 Å². The number of carbonyl (C=O) groups excluding carboxylic acids is 2. The summed E-state index contributed by atoms with van der Waals surface area (Å²) >= 11 is 0. The standard InChI is InChI=1S/C36H43FN4O4S/c1-36(14-15-36)46(44,45)38-34(42)23-8-12-30-31(18-23)40-19-25(35(43)41-27-10-11-28(41)21-39(2)20-27)16-24-17-26(37)9-13-29(24)33(40)32(30)22-6-4-3-5-7-22/h8-9,12-13,17-18,22,25,27-28H,3-7,10-11,14-16,19-21H2,1-2H3,(H,38,42). The Balaban J connectivity index is 1.27. The van der Waals surface area contributed by atoms with E-state index in [1.165, 1.54) is 18.1 Å². The van der Waals surface area contributed by atoms with Crippen LogP contribution in [0.4, 0.5) is 4.39 Å². The minimum absolute atomic E-state index is 0.127. The molecule has 4 fully saturated rings. The maximum atomic E-state index is 14.9. The van der Waals surface area contributed by atoms with Gasteiger partial charge in [-0.1, -0.05) is 25.3 Å². The van der Waals surface area contributed by atoms with Crippen molar-refractivity contribution in [1.82, 2.24) is 19.1 Å². The topological polar surface area (TPSA) is 91.7 Å². The minimum Gasteiger partial charge on any atom is -0.339 e. The molecule has 3 unspecified atom stereocenters. The number of hydrogen-bond acceptors (Lipinski definition) is 5. The number of rotatable bonds is 5. The van der Waals surface area contributed by atoms with E-state index in [0.29, 0.717) is 31.7 Å². The Morgan fingerprint density at radius 2 is 1.65 bits per heavy atom. The second-order valence-corrected chi connectivity index (χ2v) is 17.1. The van der Waals surface area contributed by atoms with Gasteiger partial charge in [-0.3, -0.25) is 9.59 Å². The molecule has 3 aromatic rings. The van der Waals surface area contributed by atoms with Crippen LogP contribution in [0.5, 0.6) is 0 Å². The molecule has 2 aliphatic carbocycles. The maximum Gasteiger partial charge on any atom is 0.264 e. The molecule has 2 saturated carbocycles. The van der Waals surface area contributed by atoms with E-state index in [9.17, 15) is 22.4 Å². The van der Waals surface area contributed by atoms with E-state index in [0.717, 1.165) is 79.3 Å². The predicted molar refractivity (Wildman–Crippen MR) is 176 cm³/mol. The maximum absolute atomic E-state index is 14.9. The van der Waals surface area contributed by atoms with Gasteiger partial charge in [-0.25, -0.2) is 17.5 Å². The van der Waals surface area contributed by atoms with Crippen molar-refractivity contribution in [3.63, 3.8) is 0 Å². The number of nitrogens with zero attached hydrogens (tertiary/aromatic N) is 3. The molecule has 8 nitrogen and oxygen atoms in total. The van der Waals surface area contributed by atoms with Crippen molar-refractivity contribution in [3.8, 4) is 11.3 Å². The zero-order valence-corrected chi connectivity index (χ0v) is 27.5. The Labute approximate surface area is 270 Å². The molecule has 8 rings (SSSR count). The first-order valence-corrected chi connectivity index (χ1v) is 18.5. The van der Waals surface area contributed by atoms with Gasteiger partial charge < -0.3 is 14.4 Å². The van der Waals surface area contributed by atoms with Gasteiger partial charge in [0, 0.05) is 53.7 Å². The third-order valence-corrected chi connectivity index (χ3v) is 13.8. The van der Waals surface area contributed by atoms with Crippen LogP contribution in [0.1, 0.15) is 92.1 Å². The van der Waals surface area contributed by atoms with Crippen LogP contribution >= 0.6 is 0 Å². The number of halogens is 1. The Morgan fingerprint density at radius 3 is 2.35 bits per heavy atom. The lowest BCUT2D eigenvalue weighted by Crippen LogP contribution is -2.56. The molecule has 10 heteroatoms. The van der Waals surface area contributed by atoms with E-state index in [4.69, 9.17) is 0 Å². The van der Waals surface area contributed by atoms with Gasteiger partial charge in [-0.05, 0) is 106 Å². The van der Waals surface area contributed by atoms with Crippen LogP contribution in [0.2, 0.25) is 0 Å². The molecule has 4 heterocycles. The highest BCUT2D eigenvalue weighted by molar-refractivity contribution is 7.91. The van der Waals surface area contributed by atoms with E-state index < -0.39 is 26.6 Å². The third-order valence-electron chi connectivity index (χ3n) is 11.7. The zero-order chi connectivity index (χ0) is 32.0. The summed E-state index contributed by atoms with van der Waals surface area (Å²) < 4.78 is 44.4. The van der Waals surface area contributed by atoms with Crippen molar-refractivity contribution >= 4 is 32.7 Å². The van der Waals surface area contributed by atoms with Gasteiger partial charge in [0.05, 0.1) is 16.4 Å². The third kappa shape index (κ3) is 4.89. The lowest BCUT2D eigenvalue weighted by atomic mass is 9.81. The Morgan fingerprint density at radius 1 is 0.935 bits per heavy atom. The summed E-state index contributed by atoms with van der Waals surface area (Å²) in [6, 6.07) is 10.9. The number of sulfonamides is 1. The first-order valence-electron chi connectivity index (χ1n) is 17.1. The van der Waals surface area contributed by atoms with Crippen molar-refractivity contribution in [2.75, 3.05) is 20.1 Å². The molecule has 5 aliphatic rings. The Hall–Kier alpha value is -3.24. The molecule has 3 atom stereocenters. The van der Waals surface area contributed by atoms with Gasteiger partial charge in [0.15, 0.2) is 0 Å². The van der Waals surface area contributed by atoms with Gasteiger partial charge in [0.25, 0.3) is 5.91 Å². The summed E-state index contributed by atoms with van der Waals surface area (Å²) in [4.78, 5) is 32.4. The fraction of sp³-hybridized carbons (Fsp3) is 0.556. The number of likely N-dealkylation sites (N-methyl/N-ethyl adjacent to an activating group) is 1. The van der Waals surface area contributed by atoms with Gasteiger partial charge in [0.2, 0.25) is 15.9 Å².